The number of benzene rings is 2. The van der Waals surface area contributed by atoms with E-state index in [9.17, 15) is 39.3 Å². The van der Waals surface area contributed by atoms with Crippen LogP contribution in [0.1, 0.15) is 51.8 Å². The summed E-state index contributed by atoms with van der Waals surface area (Å²) in [6.07, 6.45) is 0. The number of rotatable bonds is 4. The molecule has 0 bridgehead atoms. The molecule has 130 valence electrons. The smallest absolute Gasteiger partial charge is 0.266 e. The predicted octanol–water partition coefficient (Wildman–Crippen LogP) is -2.42. The third-order valence-corrected chi connectivity index (χ3v) is 3.82. The predicted molar refractivity (Wildman–Crippen MR) is 77.0 cm³/mol. The molecule has 1 aliphatic rings. The average Bonchev–Trinajstić information content (AvgIpc) is 2.84. The third-order valence-electron chi connectivity index (χ3n) is 3.82. The molecule has 2 amide bonds. The molecule has 0 unspecified atom stereocenters. The maximum absolute atomic E-state index is 12.5. The molecule has 1 heterocycles. The molecule has 0 aliphatic carbocycles. The van der Waals surface area contributed by atoms with Crippen molar-refractivity contribution < 1.29 is 39.3 Å². The van der Waals surface area contributed by atoms with E-state index >= 15 is 0 Å². The molecule has 0 fully saturated rings. The minimum Gasteiger partial charge on any atom is -0.545 e. The van der Waals surface area contributed by atoms with Crippen LogP contribution in [-0.2, 0) is 0 Å². The van der Waals surface area contributed by atoms with Gasteiger partial charge < -0.3 is 29.7 Å². The highest BCUT2D eigenvalue weighted by atomic mass is 16.4. The van der Waals surface area contributed by atoms with Gasteiger partial charge in [0.05, 0.1) is 34.7 Å². The number of imide groups is 1. The molecule has 9 heteroatoms. The van der Waals surface area contributed by atoms with Crippen molar-refractivity contribution >= 4 is 35.4 Å². The van der Waals surface area contributed by atoms with Gasteiger partial charge in [-0.05, 0) is 35.4 Å². The number of hydrogen-bond acceptors (Lipinski definition) is 8. The molecule has 2 aromatic carbocycles. The van der Waals surface area contributed by atoms with E-state index in [2.05, 4.69) is 0 Å². The molecule has 0 atom stereocenters. The number of carbonyl (C=O) groups excluding carboxylic acids is 5. The molecular formula is C17H6NO8-3. The standard InChI is InChI=1S/C17H9NO8/c19-13-9-3-1-7(15(21)22)5-10(9)14(20)18(13)12-4-2-8(16(23)24)6-11(12)17(25)26/h1-6H,(H,21,22)(H,23,24)(H,25,26)/p-3. The molecule has 0 aromatic heterocycles. The Labute approximate surface area is 144 Å². The Bertz CT molecular complexity index is 1020. The summed E-state index contributed by atoms with van der Waals surface area (Å²) in [6, 6.07) is 5.75. The van der Waals surface area contributed by atoms with E-state index in [1.807, 2.05) is 0 Å². The fourth-order valence-corrected chi connectivity index (χ4v) is 2.61. The van der Waals surface area contributed by atoms with E-state index in [1.54, 1.807) is 0 Å². The summed E-state index contributed by atoms with van der Waals surface area (Å²) in [7, 11) is 0. The molecule has 3 rings (SSSR count). The van der Waals surface area contributed by atoms with Gasteiger partial charge in [0.15, 0.2) is 0 Å². The van der Waals surface area contributed by atoms with Gasteiger partial charge in [0.25, 0.3) is 11.8 Å². The van der Waals surface area contributed by atoms with Gasteiger partial charge in [0, 0.05) is 5.56 Å². The zero-order valence-electron chi connectivity index (χ0n) is 12.7. The van der Waals surface area contributed by atoms with Gasteiger partial charge in [-0.25, -0.2) is 4.90 Å². The summed E-state index contributed by atoms with van der Waals surface area (Å²) >= 11 is 0. The van der Waals surface area contributed by atoms with Gasteiger partial charge in [-0.15, -0.1) is 0 Å². The van der Waals surface area contributed by atoms with Crippen LogP contribution >= 0.6 is 0 Å². The average molecular weight is 352 g/mol. The Morgan fingerprint density at radius 2 is 1.23 bits per heavy atom. The maximum Gasteiger partial charge on any atom is 0.266 e. The summed E-state index contributed by atoms with van der Waals surface area (Å²) in [5.41, 5.74) is -2.31. The molecule has 1 aliphatic heterocycles. The second-order valence-electron chi connectivity index (χ2n) is 5.30. The fraction of sp³-hybridized carbons (Fsp3) is 0. The van der Waals surface area contributed by atoms with Crippen molar-refractivity contribution in [3.05, 3.63) is 64.2 Å². The lowest BCUT2D eigenvalue weighted by Gasteiger charge is -2.20. The van der Waals surface area contributed by atoms with Gasteiger partial charge in [0.1, 0.15) is 0 Å². The molecule has 0 spiro atoms. The third kappa shape index (κ3) is 2.47. The van der Waals surface area contributed by atoms with Crippen LogP contribution in [0.25, 0.3) is 0 Å². The van der Waals surface area contributed by atoms with E-state index in [4.69, 9.17) is 0 Å². The van der Waals surface area contributed by atoms with Crippen LogP contribution in [0.2, 0.25) is 0 Å². The minimum absolute atomic E-state index is 0.131. The molecule has 9 nitrogen and oxygen atoms in total. The number of carboxylic acid groups (broad SMARTS) is 3. The zero-order valence-corrected chi connectivity index (χ0v) is 12.7. The SMILES string of the molecule is O=C([O-])c1ccc2c(c1)C(=O)N(c1ccc(C(=O)[O-])cc1C(=O)[O-])C2=O. The van der Waals surface area contributed by atoms with Crippen molar-refractivity contribution in [3.63, 3.8) is 0 Å². The number of aromatic carboxylic acids is 3. The number of carbonyl (C=O) groups is 5. The Hall–Kier alpha value is -4.01. The molecule has 0 saturated carbocycles. The first-order chi connectivity index (χ1) is 12.2. The van der Waals surface area contributed by atoms with Crippen molar-refractivity contribution in [1.29, 1.82) is 0 Å². The van der Waals surface area contributed by atoms with Crippen LogP contribution in [0.5, 0.6) is 0 Å². The van der Waals surface area contributed by atoms with Gasteiger partial charge in [-0.1, -0.05) is 12.1 Å². The highest BCUT2D eigenvalue weighted by Gasteiger charge is 2.38. The van der Waals surface area contributed by atoms with Crippen molar-refractivity contribution in [2.75, 3.05) is 4.90 Å². The number of hydrogen-bond donors (Lipinski definition) is 0. The second kappa shape index (κ2) is 5.81. The van der Waals surface area contributed by atoms with Crippen LogP contribution in [0.4, 0.5) is 5.69 Å². The fourth-order valence-electron chi connectivity index (χ4n) is 2.61. The Kier molecular flexibility index (Phi) is 3.76. The zero-order chi connectivity index (χ0) is 19.2. The molecule has 0 N–H and O–H groups in total. The number of anilines is 1. The van der Waals surface area contributed by atoms with E-state index in [-0.39, 0.29) is 16.7 Å². The van der Waals surface area contributed by atoms with Gasteiger partial charge in [-0.2, -0.15) is 0 Å². The highest BCUT2D eigenvalue weighted by Crippen LogP contribution is 2.31. The van der Waals surface area contributed by atoms with Crippen LogP contribution in [-0.4, -0.2) is 29.7 Å². The quantitative estimate of drug-likeness (QED) is 0.550. The van der Waals surface area contributed by atoms with Gasteiger partial charge >= 0.3 is 0 Å². The molecule has 0 radical (unpaired) electrons. The summed E-state index contributed by atoms with van der Waals surface area (Å²) in [5, 5.41) is 33.1. The van der Waals surface area contributed by atoms with Gasteiger partial charge in [0.2, 0.25) is 0 Å². The van der Waals surface area contributed by atoms with E-state index in [1.165, 1.54) is 0 Å². The maximum atomic E-state index is 12.5. The first-order valence-corrected chi connectivity index (χ1v) is 7.03. The second-order valence-corrected chi connectivity index (χ2v) is 5.30. The Balaban J connectivity index is 2.15. The Morgan fingerprint density at radius 3 is 1.81 bits per heavy atom. The molecule has 26 heavy (non-hydrogen) atoms. The van der Waals surface area contributed by atoms with Crippen LogP contribution in [0.15, 0.2) is 36.4 Å². The number of amides is 2. The lowest BCUT2D eigenvalue weighted by molar-refractivity contribution is -0.256. The van der Waals surface area contributed by atoms with Crippen LogP contribution < -0.4 is 20.2 Å². The largest absolute Gasteiger partial charge is 0.545 e. The Morgan fingerprint density at radius 1 is 0.692 bits per heavy atom. The number of nitrogens with zero attached hydrogens (tertiary/aromatic N) is 1. The summed E-state index contributed by atoms with van der Waals surface area (Å²) in [4.78, 5) is 58.6. The molecule has 0 saturated heterocycles. The normalized spacial score (nSPS) is 12.8. The monoisotopic (exact) mass is 352 g/mol. The first-order valence-electron chi connectivity index (χ1n) is 7.03. The summed E-state index contributed by atoms with van der Waals surface area (Å²) in [6.45, 7) is 0. The number of fused-ring (bicyclic) bond motifs is 1. The van der Waals surface area contributed by atoms with Crippen LogP contribution in [0.3, 0.4) is 0 Å². The van der Waals surface area contributed by atoms with Crippen molar-refractivity contribution in [1.82, 2.24) is 0 Å². The molecule has 2 aromatic rings. The topological polar surface area (TPSA) is 158 Å². The highest BCUT2D eigenvalue weighted by molar-refractivity contribution is 6.35. The number of carboxylic acids is 3. The van der Waals surface area contributed by atoms with Crippen molar-refractivity contribution in [2.24, 2.45) is 0 Å². The first kappa shape index (κ1) is 16.8. The van der Waals surface area contributed by atoms with Crippen molar-refractivity contribution in [2.45, 2.75) is 0 Å². The van der Waals surface area contributed by atoms with Crippen LogP contribution in [0, 0.1) is 0 Å². The van der Waals surface area contributed by atoms with Gasteiger partial charge in [-0.3, -0.25) is 9.59 Å². The van der Waals surface area contributed by atoms with E-state index < -0.39 is 46.5 Å². The van der Waals surface area contributed by atoms with E-state index in [0.717, 1.165) is 30.3 Å². The molecular weight excluding hydrogens is 346 g/mol. The minimum atomic E-state index is -1.81. The van der Waals surface area contributed by atoms with Crippen molar-refractivity contribution in [3.8, 4) is 0 Å². The van der Waals surface area contributed by atoms with E-state index in [0.29, 0.717) is 11.0 Å². The lowest BCUT2D eigenvalue weighted by Crippen LogP contribution is -2.34. The summed E-state index contributed by atoms with van der Waals surface area (Å²) in [5.74, 6) is -6.87. The lowest BCUT2D eigenvalue weighted by atomic mass is 10.1. The summed E-state index contributed by atoms with van der Waals surface area (Å²) < 4.78 is 0.